The second kappa shape index (κ2) is 5.51. The predicted octanol–water partition coefficient (Wildman–Crippen LogP) is 2.63. The van der Waals surface area contributed by atoms with Crippen LogP contribution in [0.5, 0.6) is 0 Å². The molecular weight excluding hydrogens is 222 g/mol. The number of rotatable bonds is 2. The summed E-state index contributed by atoms with van der Waals surface area (Å²) in [6, 6.07) is 2.35. The fourth-order valence-electron chi connectivity index (χ4n) is 2.09. The third-order valence-corrected chi connectivity index (χ3v) is 3.41. The smallest absolute Gasteiger partial charge is 0.0718 e. The van der Waals surface area contributed by atoms with E-state index in [-0.39, 0.29) is 0 Å². The third-order valence-electron chi connectivity index (χ3n) is 3.08. The SMILES string of the molecule is CN1CCCC(Nc2cnccc2Cl)CC1. The molecule has 1 atom stereocenters. The molecule has 1 unspecified atom stereocenters. The monoisotopic (exact) mass is 239 g/mol. The summed E-state index contributed by atoms with van der Waals surface area (Å²) >= 11 is 6.10. The normalized spacial score (nSPS) is 22.8. The lowest BCUT2D eigenvalue weighted by atomic mass is 10.1. The van der Waals surface area contributed by atoms with Gasteiger partial charge in [0.2, 0.25) is 0 Å². The molecule has 0 bridgehead atoms. The van der Waals surface area contributed by atoms with Gasteiger partial charge < -0.3 is 10.2 Å². The van der Waals surface area contributed by atoms with Crippen LogP contribution in [0.25, 0.3) is 0 Å². The third kappa shape index (κ3) is 3.09. The van der Waals surface area contributed by atoms with E-state index in [4.69, 9.17) is 11.6 Å². The maximum atomic E-state index is 6.10. The van der Waals surface area contributed by atoms with E-state index in [2.05, 4.69) is 22.2 Å². The van der Waals surface area contributed by atoms with Crippen LogP contribution in [-0.4, -0.2) is 36.1 Å². The molecule has 1 aliphatic rings. The first-order chi connectivity index (χ1) is 7.75. The number of hydrogen-bond acceptors (Lipinski definition) is 3. The van der Waals surface area contributed by atoms with Crippen molar-refractivity contribution >= 4 is 17.3 Å². The molecule has 0 spiro atoms. The molecule has 0 aromatic carbocycles. The average Bonchev–Trinajstić information content (AvgIpc) is 2.47. The van der Waals surface area contributed by atoms with E-state index in [1.807, 2.05) is 6.07 Å². The van der Waals surface area contributed by atoms with Gasteiger partial charge in [-0.3, -0.25) is 4.98 Å². The highest BCUT2D eigenvalue weighted by Crippen LogP contribution is 2.22. The van der Waals surface area contributed by atoms with Crippen LogP contribution in [0.15, 0.2) is 18.5 Å². The minimum absolute atomic E-state index is 0.520. The number of aromatic nitrogens is 1. The van der Waals surface area contributed by atoms with Crippen molar-refractivity contribution in [1.29, 1.82) is 0 Å². The van der Waals surface area contributed by atoms with Gasteiger partial charge in [-0.25, -0.2) is 0 Å². The Labute approximate surface area is 102 Å². The summed E-state index contributed by atoms with van der Waals surface area (Å²) < 4.78 is 0. The van der Waals surface area contributed by atoms with Gasteiger partial charge in [0.15, 0.2) is 0 Å². The van der Waals surface area contributed by atoms with E-state index >= 15 is 0 Å². The van der Waals surface area contributed by atoms with E-state index < -0.39 is 0 Å². The first kappa shape index (κ1) is 11.7. The van der Waals surface area contributed by atoms with Gasteiger partial charge in [-0.05, 0) is 45.5 Å². The summed E-state index contributed by atoms with van der Waals surface area (Å²) in [7, 11) is 2.18. The first-order valence-corrected chi connectivity index (χ1v) is 6.18. The summed E-state index contributed by atoms with van der Waals surface area (Å²) in [5.74, 6) is 0. The number of anilines is 1. The van der Waals surface area contributed by atoms with Crippen LogP contribution in [0.3, 0.4) is 0 Å². The molecule has 1 fully saturated rings. The van der Waals surface area contributed by atoms with Gasteiger partial charge in [0.1, 0.15) is 0 Å². The summed E-state index contributed by atoms with van der Waals surface area (Å²) in [4.78, 5) is 6.47. The molecule has 1 aromatic heterocycles. The molecule has 2 heterocycles. The van der Waals surface area contributed by atoms with Crippen molar-refractivity contribution in [2.75, 3.05) is 25.5 Å². The fraction of sp³-hybridized carbons (Fsp3) is 0.583. The lowest BCUT2D eigenvalue weighted by Gasteiger charge is -2.18. The second-order valence-electron chi connectivity index (χ2n) is 4.43. The van der Waals surface area contributed by atoms with E-state index in [0.717, 1.165) is 17.3 Å². The Bertz CT molecular complexity index is 343. The van der Waals surface area contributed by atoms with Crippen molar-refractivity contribution in [2.45, 2.75) is 25.3 Å². The molecule has 1 aliphatic heterocycles. The van der Waals surface area contributed by atoms with E-state index in [0.29, 0.717) is 6.04 Å². The summed E-state index contributed by atoms with van der Waals surface area (Å²) in [6.07, 6.45) is 7.13. The molecule has 1 saturated heterocycles. The van der Waals surface area contributed by atoms with E-state index in [1.54, 1.807) is 12.4 Å². The highest BCUT2D eigenvalue weighted by molar-refractivity contribution is 6.33. The van der Waals surface area contributed by atoms with Crippen LogP contribution in [-0.2, 0) is 0 Å². The van der Waals surface area contributed by atoms with Crippen LogP contribution < -0.4 is 5.32 Å². The van der Waals surface area contributed by atoms with Gasteiger partial charge in [0.05, 0.1) is 16.9 Å². The van der Waals surface area contributed by atoms with Gasteiger partial charge in [-0.1, -0.05) is 11.6 Å². The Kier molecular flexibility index (Phi) is 4.02. The zero-order chi connectivity index (χ0) is 11.4. The molecule has 0 amide bonds. The zero-order valence-electron chi connectivity index (χ0n) is 9.62. The molecule has 4 heteroatoms. The largest absolute Gasteiger partial charge is 0.380 e. The predicted molar refractivity (Wildman–Crippen MR) is 68.0 cm³/mol. The number of halogens is 1. The van der Waals surface area contributed by atoms with E-state index in [9.17, 15) is 0 Å². The Morgan fingerprint density at radius 3 is 3.12 bits per heavy atom. The van der Waals surface area contributed by atoms with Crippen LogP contribution in [0.4, 0.5) is 5.69 Å². The first-order valence-electron chi connectivity index (χ1n) is 5.80. The molecule has 0 radical (unpaired) electrons. The molecule has 88 valence electrons. The highest BCUT2D eigenvalue weighted by Gasteiger charge is 2.15. The van der Waals surface area contributed by atoms with Crippen LogP contribution >= 0.6 is 11.6 Å². The van der Waals surface area contributed by atoms with Crippen LogP contribution in [0, 0.1) is 0 Å². The second-order valence-corrected chi connectivity index (χ2v) is 4.84. The summed E-state index contributed by atoms with van der Waals surface area (Å²) in [6.45, 7) is 2.34. The topological polar surface area (TPSA) is 28.2 Å². The minimum Gasteiger partial charge on any atom is -0.380 e. The maximum Gasteiger partial charge on any atom is 0.0718 e. The number of likely N-dealkylation sites (tertiary alicyclic amines) is 1. The van der Waals surface area contributed by atoms with E-state index in [1.165, 1.54) is 25.8 Å². The molecule has 3 nitrogen and oxygen atoms in total. The lowest BCUT2D eigenvalue weighted by molar-refractivity contribution is 0.348. The van der Waals surface area contributed by atoms with Gasteiger partial charge in [-0.2, -0.15) is 0 Å². The standard InChI is InChI=1S/C12H18ClN3/c1-16-7-2-3-10(5-8-16)15-12-9-14-6-4-11(12)13/h4,6,9-10,15H,2-3,5,7-8H2,1H3. The molecule has 16 heavy (non-hydrogen) atoms. The van der Waals surface area contributed by atoms with Gasteiger partial charge in [0, 0.05) is 12.2 Å². The number of pyridine rings is 1. The molecule has 1 N–H and O–H groups in total. The summed E-state index contributed by atoms with van der Waals surface area (Å²) in [5.41, 5.74) is 0.957. The Morgan fingerprint density at radius 2 is 2.31 bits per heavy atom. The number of nitrogens with one attached hydrogen (secondary N) is 1. The lowest BCUT2D eigenvalue weighted by Crippen LogP contribution is -2.23. The quantitative estimate of drug-likeness (QED) is 0.860. The molecule has 0 aliphatic carbocycles. The number of hydrogen-bond donors (Lipinski definition) is 1. The molecule has 0 saturated carbocycles. The molecule has 1 aromatic rings. The Balaban J connectivity index is 1.96. The van der Waals surface area contributed by atoms with Crippen molar-refractivity contribution in [3.8, 4) is 0 Å². The van der Waals surface area contributed by atoms with Crippen LogP contribution in [0.1, 0.15) is 19.3 Å². The van der Waals surface area contributed by atoms with Gasteiger partial charge >= 0.3 is 0 Å². The highest BCUT2D eigenvalue weighted by atomic mass is 35.5. The molecular formula is C12H18ClN3. The minimum atomic E-state index is 0.520. The molecule has 2 rings (SSSR count). The maximum absolute atomic E-state index is 6.10. The zero-order valence-corrected chi connectivity index (χ0v) is 10.4. The number of nitrogens with zero attached hydrogens (tertiary/aromatic N) is 2. The Hall–Kier alpha value is -0.800. The van der Waals surface area contributed by atoms with Gasteiger partial charge in [0.25, 0.3) is 0 Å². The van der Waals surface area contributed by atoms with Crippen molar-refractivity contribution in [2.24, 2.45) is 0 Å². The van der Waals surface area contributed by atoms with Gasteiger partial charge in [-0.15, -0.1) is 0 Å². The van der Waals surface area contributed by atoms with Crippen LogP contribution in [0.2, 0.25) is 5.02 Å². The van der Waals surface area contributed by atoms with Crippen molar-refractivity contribution < 1.29 is 0 Å². The van der Waals surface area contributed by atoms with Crippen molar-refractivity contribution in [3.05, 3.63) is 23.5 Å². The van der Waals surface area contributed by atoms with Crippen molar-refractivity contribution in [1.82, 2.24) is 9.88 Å². The summed E-state index contributed by atoms with van der Waals surface area (Å²) in [5, 5.41) is 4.25. The average molecular weight is 240 g/mol. The fourth-order valence-corrected chi connectivity index (χ4v) is 2.25. The van der Waals surface area contributed by atoms with Crippen molar-refractivity contribution in [3.63, 3.8) is 0 Å². The Morgan fingerprint density at radius 1 is 1.44 bits per heavy atom.